The monoisotopic (exact) mass is 280 g/mol. The number of hydrogen-bond donors (Lipinski definition) is 1. The minimum absolute atomic E-state index is 0.0565. The van der Waals surface area contributed by atoms with E-state index in [0.717, 1.165) is 19.5 Å². The molecule has 1 fully saturated rings. The minimum Gasteiger partial charge on any atom is -0.311 e. The Morgan fingerprint density at radius 1 is 1.32 bits per heavy atom. The number of alkyl halides is 3. The van der Waals surface area contributed by atoms with E-state index < -0.39 is 12.6 Å². The van der Waals surface area contributed by atoms with Crippen molar-refractivity contribution in [3.05, 3.63) is 0 Å². The van der Waals surface area contributed by atoms with Gasteiger partial charge in [0.1, 0.15) is 0 Å². The third-order valence-corrected chi connectivity index (χ3v) is 3.76. The van der Waals surface area contributed by atoms with Crippen LogP contribution in [0.1, 0.15) is 47.0 Å². The second kappa shape index (κ2) is 6.44. The molecule has 0 radical (unpaired) electrons. The predicted octanol–water partition coefficient (Wildman–Crippen LogP) is 3.43. The molecule has 0 saturated carbocycles. The molecule has 19 heavy (non-hydrogen) atoms. The Morgan fingerprint density at radius 3 is 2.47 bits per heavy atom. The summed E-state index contributed by atoms with van der Waals surface area (Å²) in [6.07, 6.45) is -3.44. The Hall–Kier alpha value is -0.290. The highest BCUT2D eigenvalue weighted by Crippen LogP contribution is 2.25. The van der Waals surface area contributed by atoms with E-state index >= 15 is 0 Å². The summed E-state index contributed by atoms with van der Waals surface area (Å²) >= 11 is 0. The molecule has 114 valence electrons. The van der Waals surface area contributed by atoms with E-state index in [-0.39, 0.29) is 12.0 Å². The van der Waals surface area contributed by atoms with E-state index in [2.05, 4.69) is 37.9 Å². The van der Waals surface area contributed by atoms with E-state index in [1.54, 1.807) is 0 Å². The molecule has 1 atom stereocenters. The van der Waals surface area contributed by atoms with Crippen molar-refractivity contribution in [2.24, 2.45) is 5.92 Å². The van der Waals surface area contributed by atoms with Crippen molar-refractivity contribution < 1.29 is 13.2 Å². The first-order valence-corrected chi connectivity index (χ1v) is 7.15. The van der Waals surface area contributed by atoms with Crippen LogP contribution in [-0.4, -0.2) is 42.3 Å². The van der Waals surface area contributed by atoms with Gasteiger partial charge in [0.25, 0.3) is 0 Å². The summed E-state index contributed by atoms with van der Waals surface area (Å²) in [6.45, 7) is 10.8. The predicted molar refractivity (Wildman–Crippen MR) is 72.2 cm³/mol. The molecular formula is C14H27F3N2. The van der Waals surface area contributed by atoms with E-state index in [1.165, 1.54) is 0 Å². The highest BCUT2D eigenvalue weighted by atomic mass is 19.4. The molecule has 2 nitrogen and oxygen atoms in total. The van der Waals surface area contributed by atoms with Crippen molar-refractivity contribution in [3.63, 3.8) is 0 Å². The number of piperazine rings is 1. The van der Waals surface area contributed by atoms with E-state index in [4.69, 9.17) is 0 Å². The van der Waals surface area contributed by atoms with Crippen LogP contribution < -0.4 is 5.32 Å². The molecule has 1 aliphatic rings. The fourth-order valence-corrected chi connectivity index (χ4v) is 2.67. The van der Waals surface area contributed by atoms with Gasteiger partial charge in [-0.2, -0.15) is 13.2 Å². The molecule has 1 N–H and O–H groups in total. The van der Waals surface area contributed by atoms with E-state index in [0.29, 0.717) is 18.5 Å². The van der Waals surface area contributed by atoms with Crippen LogP contribution in [0.3, 0.4) is 0 Å². The van der Waals surface area contributed by atoms with Crippen LogP contribution in [0.4, 0.5) is 13.2 Å². The maximum atomic E-state index is 12.2. The van der Waals surface area contributed by atoms with Crippen molar-refractivity contribution in [1.82, 2.24) is 10.2 Å². The van der Waals surface area contributed by atoms with Crippen LogP contribution in [0.5, 0.6) is 0 Å². The lowest BCUT2D eigenvalue weighted by Gasteiger charge is -2.46. The first-order valence-electron chi connectivity index (χ1n) is 7.15. The topological polar surface area (TPSA) is 15.3 Å². The average Bonchev–Trinajstić information content (AvgIpc) is 2.20. The third-order valence-electron chi connectivity index (χ3n) is 3.76. The van der Waals surface area contributed by atoms with Crippen molar-refractivity contribution >= 4 is 0 Å². The smallest absolute Gasteiger partial charge is 0.311 e. The lowest BCUT2D eigenvalue weighted by molar-refractivity contribution is -0.137. The fourth-order valence-electron chi connectivity index (χ4n) is 2.67. The molecule has 0 aliphatic carbocycles. The number of halogens is 3. The van der Waals surface area contributed by atoms with Crippen molar-refractivity contribution in [1.29, 1.82) is 0 Å². The third kappa shape index (κ3) is 6.13. The molecule has 1 saturated heterocycles. The molecule has 0 bridgehead atoms. The molecule has 1 unspecified atom stereocenters. The zero-order valence-corrected chi connectivity index (χ0v) is 12.5. The van der Waals surface area contributed by atoms with Crippen molar-refractivity contribution in [2.75, 3.05) is 19.6 Å². The van der Waals surface area contributed by atoms with Crippen LogP contribution in [0, 0.1) is 5.92 Å². The summed E-state index contributed by atoms with van der Waals surface area (Å²) in [4.78, 5) is 2.21. The number of rotatable bonds is 5. The molecule has 1 aliphatic heterocycles. The summed E-state index contributed by atoms with van der Waals surface area (Å²) in [6, 6.07) is 0.402. The molecule has 0 aromatic heterocycles. The molecule has 1 heterocycles. The highest BCUT2D eigenvalue weighted by Gasteiger charge is 2.34. The van der Waals surface area contributed by atoms with Crippen molar-refractivity contribution in [3.8, 4) is 0 Å². The quantitative estimate of drug-likeness (QED) is 0.830. The Bertz CT molecular complexity index is 274. The van der Waals surface area contributed by atoms with E-state index in [9.17, 15) is 13.2 Å². The van der Waals surface area contributed by atoms with Crippen molar-refractivity contribution in [2.45, 2.75) is 64.7 Å². The van der Waals surface area contributed by atoms with Gasteiger partial charge >= 0.3 is 6.18 Å². The summed E-state index contributed by atoms with van der Waals surface area (Å²) in [5.41, 5.74) is -0.0565. The van der Waals surface area contributed by atoms with Gasteiger partial charge in [0.15, 0.2) is 0 Å². The normalized spacial score (nSPS) is 24.9. The SMILES string of the molecule is CC(C)CC1CN(CCCC(F)(F)F)C(C)(C)CN1. The van der Waals surface area contributed by atoms with Gasteiger partial charge < -0.3 is 5.32 Å². The standard InChI is InChI=1S/C14H27F3N2/c1-11(2)8-12-9-19(13(3,4)10-18-12)7-5-6-14(15,16)17/h11-12,18H,5-10H2,1-4H3. The van der Waals surface area contributed by atoms with Crippen LogP contribution in [0.15, 0.2) is 0 Å². The summed E-state index contributed by atoms with van der Waals surface area (Å²) in [5, 5.41) is 3.51. The van der Waals surface area contributed by atoms with Gasteiger partial charge in [-0.3, -0.25) is 4.90 Å². The molecular weight excluding hydrogens is 253 g/mol. The lowest BCUT2D eigenvalue weighted by Crippen LogP contribution is -2.62. The van der Waals surface area contributed by atoms with Gasteiger partial charge in [0.05, 0.1) is 0 Å². The van der Waals surface area contributed by atoms with Crippen LogP contribution in [0.25, 0.3) is 0 Å². The van der Waals surface area contributed by atoms with Gasteiger partial charge in [0, 0.05) is 31.1 Å². The lowest BCUT2D eigenvalue weighted by atomic mass is 9.93. The zero-order valence-electron chi connectivity index (χ0n) is 12.5. The van der Waals surface area contributed by atoms with Gasteiger partial charge in [-0.1, -0.05) is 13.8 Å². The number of hydrogen-bond acceptors (Lipinski definition) is 2. The van der Waals surface area contributed by atoms with Gasteiger partial charge in [-0.25, -0.2) is 0 Å². The Labute approximate surface area is 114 Å². The molecule has 1 rings (SSSR count). The first kappa shape index (κ1) is 16.8. The second-order valence-corrected chi connectivity index (χ2v) is 6.68. The summed E-state index contributed by atoms with van der Waals surface area (Å²) in [7, 11) is 0. The maximum Gasteiger partial charge on any atom is 0.389 e. The maximum absolute atomic E-state index is 12.2. The number of nitrogens with one attached hydrogen (secondary N) is 1. The second-order valence-electron chi connectivity index (χ2n) is 6.68. The molecule has 5 heteroatoms. The Kier molecular flexibility index (Phi) is 5.68. The largest absolute Gasteiger partial charge is 0.389 e. The van der Waals surface area contributed by atoms with Crippen LogP contribution in [0.2, 0.25) is 0 Å². The first-order chi connectivity index (χ1) is 8.60. The molecule has 0 spiro atoms. The van der Waals surface area contributed by atoms with Gasteiger partial charge in [-0.15, -0.1) is 0 Å². The Balaban J connectivity index is 2.47. The minimum atomic E-state index is -4.03. The molecule has 0 amide bonds. The summed E-state index contributed by atoms with van der Waals surface area (Å²) < 4.78 is 36.7. The zero-order chi connectivity index (χ0) is 14.7. The fraction of sp³-hybridized carbons (Fsp3) is 1.00. The molecule has 0 aromatic rings. The molecule has 0 aromatic carbocycles. The Morgan fingerprint density at radius 2 is 1.95 bits per heavy atom. The summed E-state index contributed by atoms with van der Waals surface area (Å²) in [5.74, 6) is 0.607. The highest BCUT2D eigenvalue weighted by molar-refractivity contribution is 4.93. The van der Waals surface area contributed by atoms with E-state index in [1.807, 2.05) is 0 Å². The van der Waals surface area contributed by atoms with Crippen LogP contribution in [-0.2, 0) is 0 Å². The van der Waals surface area contributed by atoms with Gasteiger partial charge in [-0.05, 0) is 39.2 Å². The van der Waals surface area contributed by atoms with Gasteiger partial charge in [0.2, 0.25) is 0 Å². The average molecular weight is 280 g/mol. The van der Waals surface area contributed by atoms with Crippen LogP contribution >= 0.6 is 0 Å². The number of nitrogens with zero attached hydrogens (tertiary/aromatic N) is 1.